The molecule has 6 heteroatoms. The van der Waals surface area contributed by atoms with Gasteiger partial charge in [-0.15, -0.1) is 0 Å². The normalized spacial score (nSPS) is 10.3. The summed E-state index contributed by atoms with van der Waals surface area (Å²) in [6, 6.07) is 13.5. The zero-order chi connectivity index (χ0) is 14.1. The van der Waals surface area contributed by atoms with Crippen LogP contribution in [0.4, 0.5) is 5.69 Å². The van der Waals surface area contributed by atoms with Crippen LogP contribution in [-0.4, -0.2) is 15.1 Å². The molecule has 0 amide bonds. The number of aromatic amines is 1. The van der Waals surface area contributed by atoms with E-state index < -0.39 is 4.92 Å². The van der Waals surface area contributed by atoms with E-state index in [0.717, 1.165) is 11.1 Å². The smallest absolute Gasteiger partial charge is 0.270 e. The molecule has 0 aliphatic heterocycles. The number of fused-ring (bicyclic) bond motifs is 1. The number of nitro groups is 1. The number of nitrogens with zero attached hydrogens (tertiary/aromatic N) is 3. The van der Waals surface area contributed by atoms with Crippen molar-refractivity contribution in [3.05, 3.63) is 58.1 Å². The van der Waals surface area contributed by atoms with E-state index >= 15 is 0 Å². The largest absolute Gasteiger partial charge is 0.277 e. The van der Waals surface area contributed by atoms with Gasteiger partial charge in [-0.05, 0) is 18.2 Å². The first-order valence-electron chi connectivity index (χ1n) is 5.82. The summed E-state index contributed by atoms with van der Waals surface area (Å²) in [5.41, 5.74) is 2.74. The third-order valence-electron chi connectivity index (χ3n) is 3.04. The summed E-state index contributed by atoms with van der Waals surface area (Å²) < 4.78 is 0. The van der Waals surface area contributed by atoms with Crippen molar-refractivity contribution in [1.82, 2.24) is 10.2 Å². The molecule has 1 aromatic heterocycles. The van der Waals surface area contributed by atoms with E-state index in [4.69, 9.17) is 5.26 Å². The Morgan fingerprint density at radius 1 is 1.20 bits per heavy atom. The van der Waals surface area contributed by atoms with Crippen LogP contribution in [0.2, 0.25) is 0 Å². The van der Waals surface area contributed by atoms with Crippen LogP contribution in [0.25, 0.3) is 22.2 Å². The molecule has 0 saturated heterocycles. The van der Waals surface area contributed by atoms with Gasteiger partial charge >= 0.3 is 0 Å². The lowest BCUT2D eigenvalue weighted by Gasteiger charge is -1.98. The van der Waals surface area contributed by atoms with Gasteiger partial charge in [-0.2, -0.15) is 10.4 Å². The second kappa shape index (κ2) is 4.48. The van der Waals surface area contributed by atoms with E-state index in [-0.39, 0.29) is 5.69 Å². The Bertz CT molecular complexity index is 844. The van der Waals surface area contributed by atoms with E-state index in [1.807, 2.05) is 6.07 Å². The molecule has 0 aliphatic rings. The monoisotopic (exact) mass is 264 g/mol. The summed E-state index contributed by atoms with van der Waals surface area (Å²) in [5, 5.41) is 27.3. The molecule has 0 bridgehead atoms. The lowest BCUT2D eigenvalue weighted by molar-refractivity contribution is -0.384. The Morgan fingerprint density at radius 3 is 2.60 bits per heavy atom. The molecular formula is C14H8N4O2. The summed E-state index contributed by atoms with van der Waals surface area (Å²) in [6.45, 7) is 0. The molecule has 0 unspecified atom stereocenters. The molecular weight excluding hydrogens is 256 g/mol. The number of hydrogen-bond acceptors (Lipinski definition) is 4. The van der Waals surface area contributed by atoms with Gasteiger partial charge in [-0.3, -0.25) is 15.2 Å². The van der Waals surface area contributed by atoms with Gasteiger partial charge in [0.2, 0.25) is 0 Å². The molecule has 1 N–H and O–H groups in total. The van der Waals surface area contributed by atoms with Crippen molar-refractivity contribution < 1.29 is 4.92 Å². The molecule has 6 nitrogen and oxygen atoms in total. The number of nitriles is 1. The molecule has 0 atom stereocenters. The number of non-ortho nitro benzene ring substituents is 1. The zero-order valence-electron chi connectivity index (χ0n) is 10.2. The number of hydrogen-bond donors (Lipinski definition) is 1. The number of nitro benzene ring substituents is 1. The van der Waals surface area contributed by atoms with E-state index in [2.05, 4.69) is 10.2 Å². The highest BCUT2D eigenvalue weighted by Gasteiger charge is 2.12. The van der Waals surface area contributed by atoms with E-state index in [9.17, 15) is 10.1 Å². The van der Waals surface area contributed by atoms with Gasteiger partial charge in [-0.25, -0.2) is 0 Å². The van der Waals surface area contributed by atoms with Gasteiger partial charge in [0.15, 0.2) is 0 Å². The quantitative estimate of drug-likeness (QED) is 0.568. The van der Waals surface area contributed by atoms with Crippen molar-refractivity contribution in [2.45, 2.75) is 0 Å². The first kappa shape index (κ1) is 11.9. The predicted molar refractivity (Wildman–Crippen MR) is 72.9 cm³/mol. The van der Waals surface area contributed by atoms with Crippen LogP contribution in [0.1, 0.15) is 5.56 Å². The molecule has 0 aliphatic carbocycles. The van der Waals surface area contributed by atoms with Crippen LogP contribution in [0.3, 0.4) is 0 Å². The minimum Gasteiger partial charge on any atom is -0.277 e. The molecule has 0 spiro atoms. The molecule has 0 saturated carbocycles. The molecule has 0 fully saturated rings. The third-order valence-corrected chi connectivity index (χ3v) is 3.04. The number of aromatic nitrogens is 2. The number of H-pyrrole nitrogens is 1. The fourth-order valence-corrected chi connectivity index (χ4v) is 2.04. The van der Waals surface area contributed by atoms with Crippen molar-refractivity contribution in [2.24, 2.45) is 0 Å². The maximum absolute atomic E-state index is 10.8. The lowest BCUT2D eigenvalue weighted by atomic mass is 10.1. The van der Waals surface area contributed by atoms with Crippen molar-refractivity contribution >= 4 is 16.6 Å². The number of benzene rings is 2. The fraction of sp³-hybridized carbons (Fsp3) is 0. The zero-order valence-corrected chi connectivity index (χ0v) is 10.2. The summed E-state index contributed by atoms with van der Waals surface area (Å²) in [4.78, 5) is 10.4. The van der Waals surface area contributed by atoms with Gasteiger partial charge in [0.05, 0.1) is 22.1 Å². The van der Waals surface area contributed by atoms with Gasteiger partial charge in [0, 0.05) is 23.1 Å². The molecule has 3 rings (SSSR count). The van der Waals surface area contributed by atoms with Crippen LogP contribution in [-0.2, 0) is 0 Å². The average molecular weight is 264 g/mol. The van der Waals surface area contributed by atoms with Gasteiger partial charge in [0.25, 0.3) is 5.69 Å². The summed E-state index contributed by atoms with van der Waals surface area (Å²) in [6.07, 6.45) is 0. The predicted octanol–water partition coefficient (Wildman–Crippen LogP) is 3.01. The SMILES string of the molecule is N#Cc1ccc(-c2n[nH]c3ccc([N+](=O)[O-])cc23)cc1. The molecule has 96 valence electrons. The summed E-state index contributed by atoms with van der Waals surface area (Å²) in [7, 11) is 0. The van der Waals surface area contributed by atoms with Crippen molar-refractivity contribution in [3.63, 3.8) is 0 Å². The lowest BCUT2D eigenvalue weighted by Crippen LogP contribution is -1.87. The second-order valence-electron chi connectivity index (χ2n) is 4.25. The minimum atomic E-state index is -0.436. The highest BCUT2D eigenvalue weighted by Crippen LogP contribution is 2.29. The number of nitrogens with one attached hydrogen (secondary N) is 1. The van der Waals surface area contributed by atoms with Gasteiger partial charge in [0.1, 0.15) is 5.69 Å². The topological polar surface area (TPSA) is 95.6 Å². The van der Waals surface area contributed by atoms with Gasteiger partial charge in [-0.1, -0.05) is 12.1 Å². The standard InChI is InChI=1S/C14H8N4O2/c15-8-9-1-3-10(4-2-9)14-12-7-11(18(19)20)5-6-13(12)16-17-14/h1-7H,(H,16,17). The summed E-state index contributed by atoms with van der Waals surface area (Å²) in [5.74, 6) is 0. The molecule has 0 radical (unpaired) electrons. The Morgan fingerprint density at radius 2 is 1.95 bits per heavy atom. The third kappa shape index (κ3) is 1.87. The van der Waals surface area contributed by atoms with Crippen molar-refractivity contribution in [3.8, 4) is 17.3 Å². The highest BCUT2D eigenvalue weighted by atomic mass is 16.6. The van der Waals surface area contributed by atoms with Crippen LogP contribution >= 0.6 is 0 Å². The van der Waals surface area contributed by atoms with Crippen LogP contribution in [0.5, 0.6) is 0 Å². The van der Waals surface area contributed by atoms with Crippen LogP contribution in [0.15, 0.2) is 42.5 Å². The Hall–Kier alpha value is -3.20. The van der Waals surface area contributed by atoms with E-state index in [1.54, 1.807) is 30.3 Å². The highest BCUT2D eigenvalue weighted by molar-refractivity contribution is 5.94. The van der Waals surface area contributed by atoms with E-state index in [1.165, 1.54) is 12.1 Å². The molecule has 20 heavy (non-hydrogen) atoms. The molecule has 1 heterocycles. The Labute approximate surface area is 113 Å². The molecule has 2 aromatic carbocycles. The second-order valence-corrected chi connectivity index (χ2v) is 4.25. The van der Waals surface area contributed by atoms with Gasteiger partial charge < -0.3 is 0 Å². The first-order chi connectivity index (χ1) is 9.69. The Balaban J connectivity index is 2.17. The fourth-order valence-electron chi connectivity index (χ4n) is 2.04. The average Bonchev–Trinajstić information content (AvgIpc) is 2.90. The van der Waals surface area contributed by atoms with Crippen molar-refractivity contribution in [2.75, 3.05) is 0 Å². The maximum atomic E-state index is 10.8. The number of rotatable bonds is 2. The van der Waals surface area contributed by atoms with Crippen molar-refractivity contribution in [1.29, 1.82) is 5.26 Å². The maximum Gasteiger partial charge on any atom is 0.270 e. The molecule has 3 aromatic rings. The summed E-state index contributed by atoms with van der Waals surface area (Å²) >= 11 is 0. The minimum absolute atomic E-state index is 0.0220. The Kier molecular flexibility index (Phi) is 2.66. The van der Waals surface area contributed by atoms with Crippen LogP contribution < -0.4 is 0 Å². The van der Waals surface area contributed by atoms with Crippen LogP contribution in [0, 0.1) is 21.4 Å². The first-order valence-corrected chi connectivity index (χ1v) is 5.82. The van der Waals surface area contributed by atoms with E-state index in [0.29, 0.717) is 16.6 Å².